The molecule has 1 rings (SSSR count). The summed E-state index contributed by atoms with van der Waals surface area (Å²) in [6.07, 6.45) is 0.917. The van der Waals surface area contributed by atoms with Crippen molar-refractivity contribution in [1.82, 2.24) is 15.1 Å². The number of hydrogen-bond donors (Lipinski definition) is 2. The number of nitrogens with one attached hydrogen (secondary N) is 1. The fourth-order valence-electron chi connectivity index (χ4n) is 1.50. The van der Waals surface area contributed by atoms with Gasteiger partial charge in [0.15, 0.2) is 0 Å². The number of hydrogen-bond acceptors (Lipinski definition) is 3. The molecule has 5 heteroatoms. The molecule has 0 aliphatic rings. The summed E-state index contributed by atoms with van der Waals surface area (Å²) in [4.78, 5) is 0. The summed E-state index contributed by atoms with van der Waals surface area (Å²) in [6, 6.07) is 0. The van der Waals surface area contributed by atoms with Crippen molar-refractivity contribution < 1.29 is 5.11 Å². The van der Waals surface area contributed by atoms with E-state index in [-0.39, 0.29) is 0 Å². The molecule has 16 heavy (non-hydrogen) atoms. The minimum absolute atomic E-state index is 0.562. The molecule has 4 nitrogen and oxygen atoms in total. The Bertz CT molecular complexity index is 355. The monoisotopic (exact) mass is 289 g/mol. The van der Waals surface area contributed by atoms with Crippen LogP contribution in [0, 0.1) is 0 Å². The molecule has 0 bridgehead atoms. The first kappa shape index (κ1) is 13.7. The van der Waals surface area contributed by atoms with Gasteiger partial charge in [0.05, 0.1) is 21.5 Å². The molecule has 92 valence electrons. The first-order valence-corrected chi connectivity index (χ1v) is 6.27. The van der Waals surface area contributed by atoms with Crippen LogP contribution in [0.15, 0.2) is 4.47 Å². The van der Waals surface area contributed by atoms with Gasteiger partial charge in [0, 0.05) is 20.1 Å². The van der Waals surface area contributed by atoms with Gasteiger partial charge in [0.25, 0.3) is 0 Å². The second-order valence-electron chi connectivity index (χ2n) is 4.60. The van der Waals surface area contributed by atoms with E-state index in [4.69, 9.17) is 0 Å². The standard InChI is InChI=1S/C11H20BrN3O/c1-5-8-10(12)9(15(4)14-8)6-13-7-11(2,3)16/h13,16H,5-7H2,1-4H3. The van der Waals surface area contributed by atoms with Crippen LogP contribution >= 0.6 is 15.9 Å². The van der Waals surface area contributed by atoms with Crippen molar-refractivity contribution in [3.8, 4) is 0 Å². The summed E-state index contributed by atoms with van der Waals surface area (Å²) in [5.74, 6) is 0. The van der Waals surface area contributed by atoms with E-state index in [1.54, 1.807) is 13.8 Å². The molecule has 0 spiro atoms. The van der Waals surface area contributed by atoms with E-state index in [9.17, 15) is 5.11 Å². The van der Waals surface area contributed by atoms with Crippen LogP contribution in [0.4, 0.5) is 0 Å². The lowest BCUT2D eigenvalue weighted by atomic mass is 10.1. The molecule has 0 saturated heterocycles. The van der Waals surface area contributed by atoms with Crippen LogP contribution in [0.1, 0.15) is 32.2 Å². The number of halogens is 1. The highest BCUT2D eigenvalue weighted by Gasteiger charge is 2.15. The summed E-state index contributed by atoms with van der Waals surface area (Å²) in [5.41, 5.74) is 1.50. The van der Waals surface area contributed by atoms with Crippen LogP contribution in [0.2, 0.25) is 0 Å². The normalized spacial score (nSPS) is 12.1. The highest BCUT2D eigenvalue weighted by molar-refractivity contribution is 9.10. The fourth-order valence-corrected chi connectivity index (χ4v) is 2.26. The summed E-state index contributed by atoms with van der Waals surface area (Å²) in [7, 11) is 1.94. The van der Waals surface area contributed by atoms with Gasteiger partial charge in [-0.15, -0.1) is 0 Å². The Morgan fingerprint density at radius 3 is 2.56 bits per heavy atom. The highest BCUT2D eigenvalue weighted by Crippen LogP contribution is 2.21. The fraction of sp³-hybridized carbons (Fsp3) is 0.727. The second kappa shape index (κ2) is 5.29. The molecular weight excluding hydrogens is 270 g/mol. The van der Waals surface area contributed by atoms with Gasteiger partial charge in [-0.1, -0.05) is 6.92 Å². The van der Waals surface area contributed by atoms with Crippen molar-refractivity contribution >= 4 is 15.9 Å². The first-order chi connectivity index (χ1) is 7.35. The number of aryl methyl sites for hydroxylation is 2. The van der Waals surface area contributed by atoms with Gasteiger partial charge in [0.2, 0.25) is 0 Å². The van der Waals surface area contributed by atoms with Crippen molar-refractivity contribution in [2.75, 3.05) is 6.54 Å². The molecule has 0 amide bonds. The van der Waals surface area contributed by atoms with Gasteiger partial charge in [-0.3, -0.25) is 4.68 Å². The predicted octanol–water partition coefficient (Wildman–Crippen LogP) is 1.61. The van der Waals surface area contributed by atoms with Crippen molar-refractivity contribution in [3.63, 3.8) is 0 Å². The van der Waals surface area contributed by atoms with Crippen molar-refractivity contribution in [2.24, 2.45) is 7.05 Å². The van der Waals surface area contributed by atoms with Crippen LogP contribution in [-0.2, 0) is 20.0 Å². The maximum atomic E-state index is 9.59. The lowest BCUT2D eigenvalue weighted by Gasteiger charge is -2.17. The maximum absolute atomic E-state index is 9.59. The molecule has 0 aliphatic heterocycles. The van der Waals surface area contributed by atoms with Crippen LogP contribution < -0.4 is 5.32 Å². The Balaban J connectivity index is 2.64. The minimum Gasteiger partial charge on any atom is -0.389 e. The Kier molecular flexibility index (Phi) is 4.52. The maximum Gasteiger partial charge on any atom is 0.0767 e. The van der Waals surface area contributed by atoms with Crippen LogP contribution in [-0.4, -0.2) is 27.0 Å². The largest absolute Gasteiger partial charge is 0.389 e. The third kappa shape index (κ3) is 3.57. The minimum atomic E-state index is -0.682. The van der Waals surface area contributed by atoms with Gasteiger partial charge >= 0.3 is 0 Å². The molecule has 1 heterocycles. The summed E-state index contributed by atoms with van der Waals surface area (Å²) in [5, 5.41) is 17.2. The number of aliphatic hydroxyl groups is 1. The average molecular weight is 290 g/mol. The number of aromatic nitrogens is 2. The van der Waals surface area contributed by atoms with Crippen LogP contribution in [0.3, 0.4) is 0 Å². The first-order valence-electron chi connectivity index (χ1n) is 5.48. The molecule has 0 unspecified atom stereocenters. The van der Waals surface area contributed by atoms with Crippen LogP contribution in [0.5, 0.6) is 0 Å². The van der Waals surface area contributed by atoms with E-state index < -0.39 is 5.60 Å². The van der Waals surface area contributed by atoms with Crippen LogP contribution in [0.25, 0.3) is 0 Å². The van der Waals surface area contributed by atoms with Gasteiger partial charge in [-0.25, -0.2) is 0 Å². The SMILES string of the molecule is CCc1nn(C)c(CNCC(C)(C)O)c1Br. The third-order valence-corrected chi connectivity index (χ3v) is 3.27. The number of rotatable bonds is 5. The molecule has 0 radical (unpaired) electrons. The van der Waals surface area contributed by atoms with Crippen molar-refractivity contribution in [2.45, 2.75) is 39.3 Å². The highest BCUT2D eigenvalue weighted by atomic mass is 79.9. The second-order valence-corrected chi connectivity index (χ2v) is 5.39. The summed E-state index contributed by atoms with van der Waals surface area (Å²) in [6.45, 7) is 6.92. The van der Waals surface area contributed by atoms with E-state index in [1.165, 1.54) is 0 Å². The zero-order valence-corrected chi connectivity index (χ0v) is 11.9. The van der Waals surface area contributed by atoms with E-state index in [2.05, 4.69) is 33.3 Å². The molecule has 0 atom stereocenters. The van der Waals surface area contributed by atoms with E-state index >= 15 is 0 Å². The van der Waals surface area contributed by atoms with Crippen molar-refractivity contribution in [1.29, 1.82) is 0 Å². The quantitative estimate of drug-likeness (QED) is 0.866. The molecule has 2 N–H and O–H groups in total. The smallest absolute Gasteiger partial charge is 0.0767 e. The average Bonchev–Trinajstić information content (AvgIpc) is 2.42. The van der Waals surface area contributed by atoms with Gasteiger partial charge < -0.3 is 10.4 Å². The molecule has 0 saturated carbocycles. The van der Waals surface area contributed by atoms with Crippen molar-refractivity contribution in [3.05, 3.63) is 15.9 Å². The molecular formula is C11H20BrN3O. The molecule has 0 aliphatic carbocycles. The Morgan fingerprint density at radius 1 is 1.50 bits per heavy atom. The molecule has 1 aromatic rings. The third-order valence-electron chi connectivity index (χ3n) is 2.35. The predicted molar refractivity (Wildman–Crippen MR) is 68.3 cm³/mol. The number of nitrogens with zero attached hydrogens (tertiary/aromatic N) is 2. The lowest BCUT2D eigenvalue weighted by molar-refractivity contribution is 0.0793. The zero-order valence-electron chi connectivity index (χ0n) is 10.3. The Labute approximate surface area is 105 Å². The topological polar surface area (TPSA) is 50.1 Å². The molecule has 0 fully saturated rings. The van der Waals surface area contributed by atoms with E-state index in [0.29, 0.717) is 13.1 Å². The Hall–Kier alpha value is -0.390. The Morgan fingerprint density at radius 2 is 2.12 bits per heavy atom. The molecule has 1 aromatic heterocycles. The molecule has 0 aromatic carbocycles. The zero-order chi connectivity index (χ0) is 12.3. The van der Waals surface area contributed by atoms with Gasteiger partial charge in [-0.05, 0) is 36.2 Å². The summed E-state index contributed by atoms with van der Waals surface area (Å²) >= 11 is 3.56. The van der Waals surface area contributed by atoms with Gasteiger partial charge in [0.1, 0.15) is 0 Å². The summed E-state index contributed by atoms with van der Waals surface area (Å²) < 4.78 is 2.95. The lowest BCUT2D eigenvalue weighted by Crippen LogP contribution is -2.34. The van der Waals surface area contributed by atoms with E-state index in [0.717, 1.165) is 22.3 Å². The van der Waals surface area contributed by atoms with E-state index in [1.807, 2.05) is 11.7 Å². The van der Waals surface area contributed by atoms with Gasteiger partial charge in [-0.2, -0.15) is 5.10 Å².